The Morgan fingerprint density at radius 2 is 2.21 bits per heavy atom. The Kier molecular flexibility index (Phi) is 3.60. The van der Waals surface area contributed by atoms with E-state index in [1.807, 2.05) is 19.2 Å². The van der Waals surface area contributed by atoms with Crippen molar-refractivity contribution in [3.05, 3.63) is 31.9 Å². The summed E-state index contributed by atoms with van der Waals surface area (Å²) in [5, 5.41) is 0.921. The lowest BCUT2D eigenvalue weighted by molar-refractivity contribution is 0.0968. The summed E-state index contributed by atoms with van der Waals surface area (Å²) >= 11 is 9.15. The normalized spacial score (nSPS) is 14.5. The summed E-state index contributed by atoms with van der Waals surface area (Å²) in [6.45, 7) is 0.776. The number of hydrogen-bond donors (Lipinski definition) is 0. The minimum atomic E-state index is 0.191. The Hall–Kier alpha value is -0.910. The molecule has 0 spiro atoms. The number of thiophene rings is 1. The summed E-state index contributed by atoms with van der Waals surface area (Å²) in [7, 11) is 2.00. The fraction of sp³-hybridized carbons (Fsp3) is 0.385. The summed E-state index contributed by atoms with van der Waals surface area (Å²) in [6.07, 6.45) is 2.58. The predicted molar refractivity (Wildman–Crippen MR) is 80.8 cm³/mol. The van der Waals surface area contributed by atoms with E-state index >= 15 is 0 Å². The Morgan fingerprint density at radius 1 is 1.37 bits per heavy atom. The van der Waals surface area contributed by atoms with Crippen LogP contribution in [-0.2, 0) is 13.0 Å². The molecule has 1 aliphatic carbocycles. The highest BCUT2D eigenvalue weighted by atomic mass is 35.5. The molecule has 1 aliphatic rings. The van der Waals surface area contributed by atoms with Gasteiger partial charge in [0.25, 0.3) is 0 Å². The van der Waals surface area contributed by atoms with Gasteiger partial charge in [0.1, 0.15) is 5.69 Å². The molecule has 0 saturated carbocycles. The van der Waals surface area contributed by atoms with Crippen LogP contribution in [0.5, 0.6) is 0 Å². The topological polar surface area (TPSA) is 33.2 Å². The number of nitrogens with zero attached hydrogens (tertiary/aromatic N) is 2. The molecule has 0 amide bonds. The Balaban J connectivity index is 1.80. The summed E-state index contributed by atoms with van der Waals surface area (Å²) < 4.78 is 0.803. The van der Waals surface area contributed by atoms with Crippen molar-refractivity contribution in [1.29, 1.82) is 0 Å². The fourth-order valence-electron chi connectivity index (χ4n) is 2.16. The molecule has 100 valence electrons. The molecule has 2 aromatic heterocycles. The quantitative estimate of drug-likeness (QED) is 0.858. The van der Waals surface area contributed by atoms with E-state index in [0.29, 0.717) is 12.1 Å². The largest absolute Gasteiger partial charge is 0.346 e. The summed E-state index contributed by atoms with van der Waals surface area (Å²) in [5.74, 6) is 0.191. The molecule has 0 saturated heterocycles. The first-order valence-electron chi connectivity index (χ1n) is 6.12. The number of anilines is 1. The van der Waals surface area contributed by atoms with Crippen molar-refractivity contribution in [2.24, 2.45) is 0 Å². The molecule has 3 rings (SSSR count). The Labute approximate surface area is 124 Å². The highest BCUT2D eigenvalue weighted by Crippen LogP contribution is 2.32. The number of hydrogen-bond acceptors (Lipinski definition) is 5. The van der Waals surface area contributed by atoms with E-state index in [9.17, 15) is 4.79 Å². The van der Waals surface area contributed by atoms with Gasteiger partial charge in [-0.05, 0) is 25.0 Å². The van der Waals surface area contributed by atoms with Gasteiger partial charge in [-0.3, -0.25) is 4.79 Å². The maximum absolute atomic E-state index is 11.8. The average Bonchev–Trinajstić information content (AvgIpc) is 2.96. The predicted octanol–water partition coefficient (Wildman–Crippen LogP) is 4.01. The minimum absolute atomic E-state index is 0.191. The number of thiazole rings is 1. The van der Waals surface area contributed by atoms with Crippen molar-refractivity contribution in [2.75, 3.05) is 11.9 Å². The number of halogens is 1. The molecule has 2 heterocycles. The highest BCUT2D eigenvalue weighted by Gasteiger charge is 2.23. The zero-order valence-electron chi connectivity index (χ0n) is 10.5. The van der Waals surface area contributed by atoms with Crippen molar-refractivity contribution < 1.29 is 4.79 Å². The van der Waals surface area contributed by atoms with E-state index in [1.165, 1.54) is 4.88 Å². The van der Waals surface area contributed by atoms with Crippen LogP contribution in [0.25, 0.3) is 0 Å². The molecule has 0 atom stereocenters. The van der Waals surface area contributed by atoms with Crippen LogP contribution in [0.15, 0.2) is 12.1 Å². The number of fused-ring (bicyclic) bond motifs is 1. The Bertz CT molecular complexity index is 620. The molecule has 6 heteroatoms. The van der Waals surface area contributed by atoms with Crippen LogP contribution < -0.4 is 4.90 Å². The van der Waals surface area contributed by atoms with E-state index in [4.69, 9.17) is 11.6 Å². The number of carbonyl (C=O) groups excluding carboxylic acids is 1. The lowest BCUT2D eigenvalue weighted by atomic mass is 10.0. The molecule has 0 aliphatic heterocycles. The molecular weight excluding hydrogens is 300 g/mol. The zero-order chi connectivity index (χ0) is 13.4. The van der Waals surface area contributed by atoms with E-state index in [1.54, 1.807) is 22.7 Å². The molecular formula is C13H13ClN2OS2. The van der Waals surface area contributed by atoms with E-state index in [0.717, 1.165) is 33.7 Å². The second-order valence-electron chi connectivity index (χ2n) is 4.61. The second-order valence-corrected chi connectivity index (χ2v) is 7.47. The number of ketones is 1. The van der Waals surface area contributed by atoms with E-state index in [2.05, 4.69) is 9.88 Å². The van der Waals surface area contributed by atoms with Crippen molar-refractivity contribution in [3.63, 3.8) is 0 Å². The third kappa shape index (κ3) is 2.68. The summed E-state index contributed by atoms with van der Waals surface area (Å²) in [6, 6.07) is 3.94. The minimum Gasteiger partial charge on any atom is -0.346 e. The molecule has 19 heavy (non-hydrogen) atoms. The van der Waals surface area contributed by atoms with Gasteiger partial charge in [-0.2, -0.15) is 0 Å². The molecule has 0 aromatic carbocycles. The van der Waals surface area contributed by atoms with Gasteiger partial charge in [0, 0.05) is 23.2 Å². The molecule has 0 fully saturated rings. The third-order valence-electron chi connectivity index (χ3n) is 3.11. The molecule has 0 radical (unpaired) electrons. The number of carbonyl (C=O) groups is 1. The van der Waals surface area contributed by atoms with E-state index < -0.39 is 0 Å². The van der Waals surface area contributed by atoms with Gasteiger partial charge in [0.15, 0.2) is 10.9 Å². The summed E-state index contributed by atoms with van der Waals surface area (Å²) in [5.41, 5.74) is 0.697. The lowest BCUT2D eigenvalue weighted by Crippen LogP contribution is -2.15. The number of Topliss-reactive ketones (excluding diaryl/α,β-unsaturated/α-hetero) is 1. The molecule has 3 nitrogen and oxygen atoms in total. The van der Waals surface area contributed by atoms with Gasteiger partial charge in [-0.15, -0.1) is 22.7 Å². The molecule has 2 aromatic rings. The first-order chi connectivity index (χ1) is 9.13. The van der Waals surface area contributed by atoms with Crippen molar-refractivity contribution in [3.8, 4) is 0 Å². The smallest absolute Gasteiger partial charge is 0.186 e. The molecule has 0 N–H and O–H groups in total. The van der Waals surface area contributed by atoms with Crippen molar-refractivity contribution >= 4 is 45.2 Å². The monoisotopic (exact) mass is 312 g/mol. The highest BCUT2D eigenvalue weighted by molar-refractivity contribution is 7.16. The maximum Gasteiger partial charge on any atom is 0.186 e. The molecule has 0 unspecified atom stereocenters. The van der Waals surface area contributed by atoms with Crippen LogP contribution in [-0.4, -0.2) is 17.8 Å². The van der Waals surface area contributed by atoms with Crippen molar-refractivity contribution in [1.82, 2.24) is 4.98 Å². The van der Waals surface area contributed by atoms with Crippen molar-refractivity contribution in [2.45, 2.75) is 25.8 Å². The van der Waals surface area contributed by atoms with Crippen LogP contribution in [0.4, 0.5) is 5.13 Å². The van der Waals surface area contributed by atoms with Crippen LogP contribution >= 0.6 is 34.3 Å². The van der Waals surface area contributed by atoms with Gasteiger partial charge in [0.05, 0.1) is 10.9 Å². The van der Waals surface area contributed by atoms with Crippen LogP contribution in [0.1, 0.15) is 33.1 Å². The SMILES string of the molecule is CN(Cc1ccc(Cl)s1)c1nc2c(s1)CCCC2=O. The Morgan fingerprint density at radius 3 is 2.89 bits per heavy atom. The number of aromatic nitrogens is 1. The number of aryl methyl sites for hydroxylation is 1. The average molecular weight is 313 g/mol. The van der Waals surface area contributed by atoms with Crippen LogP contribution in [0.3, 0.4) is 0 Å². The maximum atomic E-state index is 11.8. The summed E-state index contributed by atoms with van der Waals surface area (Å²) in [4.78, 5) is 20.7. The third-order valence-corrected chi connectivity index (χ3v) is 5.55. The van der Waals surface area contributed by atoms with Crippen LogP contribution in [0.2, 0.25) is 4.34 Å². The van der Waals surface area contributed by atoms with Gasteiger partial charge in [-0.1, -0.05) is 11.6 Å². The van der Waals surface area contributed by atoms with Gasteiger partial charge in [-0.25, -0.2) is 4.98 Å². The molecule has 0 bridgehead atoms. The number of rotatable bonds is 3. The standard InChI is InChI=1S/C13H13ClN2OS2/c1-16(7-8-5-6-11(14)18-8)13-15-12-9(17)3-2-4-10(12)19-13/h5-6H,2-4,7H2,1H3. The lowest BCUT2D eigenvalue weighted by Gasteiger charge is -2.13. The second kappa shape index (κ2) is 5.23. The fourth-order valence-corrected chi connectivity index (χ4v) is 4.38. The van der Waals surface area contributed by atoms with Crippen LogP contribution in [0, 0.1) is 0 Å². The van der Waals surface area contributed by atoms with E-state index in [-0.39, 0.29) is 5.78 Å². The van der Waals surface area contributed by atoms with Gasteiger partial charge >= 0.3 is 0 Å². The zero-order valence-corrected chi connectivity index (χ0v) is 12.9. The van der Waals surface area contributed by atoms with Gasteiger partial charge < -0.3 is 4.90 Å². The van der Waals surface area contributed by atoms with Gasteiger partial charge in [0.2, 0.25) is 0 Å². The first kappa shape index (κ1) is 13.1. The first-order valence-corrected chi connectivity index (χ1v) is 8.13.